The molecule has 1 fully saturated rings. The summed E-state index contributed by atoms with van der Waals surface area (Å²) >= 11 is 6.20. The van der Waals surface area contributed by atoms with E-state index in [1.54, 1.807) is 13.2 Å². The summed E-state index contributed by atoms with van der Waals surface area (Å²) in [4.78, 5) is 2.38. The summed E-state index contributed by atoms with van der Waals surface area (Å²) in [5, 5.41) is 14.1. The quantitative estimate of drug-likeness (QED) is 0.298. The van der Waals surface area contributed by atoms with Gasteiger partial charge in [0.25, 0.3) is 0 Å². The second kappa shape index (κ2) is 14.0. The topological polar surface area (TPSA) is 66.8 Å². The van der Waals surface area contributed by atoms with Crippen molar-refractivity contribution in [3.63, 3.8) is 0 Å². The van der Waals surface area contributed by atoms with Crippen LogP contribution >= 0.6 is 11.6 Å². The summed E-state index contributed by atoms with van der Waals surface area (Å²) < 4.78 is 17.1. The van der Waals surface area contributed by atoms with Gasteiger partial charge < -0.3 is 19.5 Å². The summed E-state index contributed by atoms with van der Waals surface area (Å²) in [5.74, 6) is 0.651. The monoisotopic (exact) mass is 519 g/mol. The molecule has 1 N–H and O–H groups in total. The van der Waals surface area contributed by atoms with Crippen LogP contribution in [0.4, 0.5) is 5.69 Å². The molecule has 1 heterocycles. The van der Waals surface area contributed by atoms with Gasteiger partial charge in [0.1, 0.15) is 11.8 Å². The maximum atomic E-state index is 9.77. The fraction of sp³-hybridized carbons (Fsp3) is 0.367. The first-order valence-corrected chi connectivity index (χ1v) is 13.1. The second-order valence-corrected chi connectivity index (χ2v) is 9.60. The Morgan fingerprint density at radius 3 is 2.62 bits per heavy atom. The zero-order valence-corrected chi connectivity index (χ0v) is 22.0. The van der Waals surface area contributed by atoms with E-state index in [1.165, 1.54) is 5.56 Å². The molecule has 1 aliphatic heterocycles. The molecule has 7 heteroatoms. The van der Waals surface area contributed by atoms with E-state index in [4.69, 9.17) is 25.8 Å². The van der Waals surface area contributed by atoms with Crippen LogP contribution < -0.4 is 10.1 Å². The standard InChI is InChI=1S/C30H34ClN3O3/c1-35-27-14-15-28(25(19-27)20-32)33-29(24-10-12-26(31)13-11-24)22-34(21-23-7-3-2-4-8-23)16-18-37-30-9-5-6-17-36-30/h2-4,7-8,10-15,19,29-30,33H,5-6,9,16-18,21-22H2,1H3/t29-,30?/m0/s1. The number of halogens is 1. The molecule has 0 saturated carbocycles. The number of ether oxygens (including phenoxy) is 3. The largest absolute Gasteiger partial charge is 0.497 e. The number of nitrogens with zero attached hydrogens (tertiary/aromatic N) is 2. The van der Waals surface area contributed by atoms with E-state index in [-0.39, 0.29) is 12.3 Å². The van der Waals surface area contributed by atoms with Crippen LogP contribution in [0.25, 0.3) is 0 Å². The van der Waals surface area contributed by atoms with Crippen molar-refractivity contribution in [2.45, 2.75) is 38.1 Å². The van der Waals surface area contributed by atoms with Gasteiger partial charge >= 0.3 is 0 Å². The van der Waals surface area contributed by atoms with Gasteiger partial charge in [-0.1, -0.05) is 54.1 Å². The van der Waals surface area contributed by atoms with Gasteiger partial charge in [0.15, 0.2) is 6.29 Å². The molecule has 0 radical (unpaired) electrons. The summed E-state index contributed by atoms with van der Waals surface area (Å²) in [6, 6.07) is 26.0. The lowest BCUT2D eigenvalue weighted by atomic mass is 10.0. The number of hydrogen-bond donors (Lipinski definition) is 1. The summed E-state index contributed by atoms with van der Waals surface area (Å²) in [6.07, 6.45) is 3.08. The van der Waals surface area contributed by atoms with Gasteiger partial charge in [0, 0.05) is 31.3 Å². The molecular weight excluding hydrogens is 486 g/mol. The Labute approximate surface area is 224 Å². The Balaban J connectivity index is 1.55. The van der Waals surface area contributed by atoms with E-state index in [0.29, 0.717) is 29.5 Å². The molecule has 6 nitrogen and oxygen atoms in total. The van der Waals surface area contributed by atoms with Crippen LogP contribution in [0.1, 0.15) is 42.0 Å². The summed E-state index contributed by atoms with van der Waals surface area (Å²) in [5.41, 5.74) is 3.60. The number of nitriles is 1. The van der Waals surface area contributed by atoms with Crippen molar-refractivity contribution in [3.8, 4) is 11.8 Å². The molecule has 1 unspecified atom stereocenters. The van der Waals surface area contributed by atoms with Crippen LogP contribution in [0, 0.1) is 11.3 Å². The molecule has 0 bridgehead atoms. The van der Waals surface area contributed by atoms with E-state index in [0.717, 1.165) is 50.2 Å². The Bertz CT molecular complexity index is 1140. The molecule has 37 heavy (non-hydrogen) atoms. The molecule has 4 rings (SSSR count). The smallest absolute Gasteiger partial charge is 0.157 e. The third-order valence-corrected chi connectivity index (χ3v) is 6.74. The van der Waals surface area contributed by atoms with E-state index in [1.807, 2.05) is 42.5 Å². The molecular formula is C30H34ClN3O3. The SMILES string of the molecule is COc1ccc(N[C@@H](CN(CCOC2CCCCO2)Cc2ccccc2)c2ccc(Cl)cc2)c(C#N)c1. The normalized spacial score (nSPS) is 16.2. The van der Waals surface area contributed by atoms with Gasteiger partial charge in [-0.15, -0.1) is 0 Å². The molecule has 3 aromatic carbocycles. The third-order valence-electron chi connectivity index (χ3n) is 6.49. The first kappa shape index (κ1) is 27.0. The average molecular weight is 520 g/mol. The van der Waals surface area contributed by atoms with Crippen molar-refractivity contribution in [1.82, 2.24) is 4.90 Å². The second-order valence-electron chi connectivity index (χ2n) is 9.16. The molecule has 1 aliphatic rings. The number of benzene rings is 3. The fourth-order valence-electron chi connectivity index (χ4n) is 4.48. The van der Waals surface area contributed by atoms with Gasteiger partial charge in [-0.05, 0) is 60.7 Å². The van der Waals surface area contributed by atoms with Crippen LogP contribution in [0.5, 0.6) is 5.75 Å². The van der Waals surface area contributed by atoms with Crippen LogP contribution in [0.15, 0.2) is 72.8 Å². The van der Waals surface area contributed by atoms with Crippen molar-refractivity contribution < 1.29 is 14.2 Å². The highest BCUT2D eigenvalue weighted by molar-refractivity contribution is 6.30. The van der Waals surface area contributed by atoms with Gasteiger partial charge in [-0.25, -0.2) is 0 Å². The van der Waals surface area contributed by atoms with Gasteiger partial charge in [-0.2, -0.15) is 5.26 Å². The fourth-order valence-corrected chi connectivity index (χ4v) is 4.60. The Hall–Kier alpha value is -3.08. The summed E-state index contributed by atoms with van der Waals surface area (Å²) in [7, 11) is 1.60. The maximum absolute atomic E-state index is 9.77. The zero-order valence-electron chi connectivity index (χ0n) is 21.2. The van der Waals surface area contributed by atoms with Crippen molar-refractivity contribution in [2.75, 3.05) is 38.7 Å². The minimum Gasteiger partial charge on any atom is -0.497 e. The first-order chi connectivity index (χ1) is 18.1. The van der Waals surface area contributed by atoms with E-state index in [9.17, 15) is 5.26 Å². The van der Waals surface area contributed by atoms with Crippen LogP contribution in [0.3, 0.4) is 0 Å². The predicted octanol–water partition coefficient (Wildman–Crippen LogP) is 6.42. The van der Waals surface area contributed by atoms with Gasteiger partial charge in [-0.3, -0.25) is 4.90 Å². The molecule has 194 valence electrons. The predicted molar refractivity (Wildman–Crippen MR) is 147 cm³/mol. The van der Waals surface area contributed by atoms with Crippen molar-refractivity contribution in [2.24, 2.45) is 0 Å². The molecule has 0 aliphatic carbocycles. The number of methoxy groups -OCH3 is 1. The highest BCUT2D eigenvalue weighted by atomic mass is 35.5. The molecule has 2 atom stereocenters. The molecule has 0 aromatic heterocycles. The lowest BCUT2D eigenvalue weighted by Gasteiger charge is -2.30. The Kier molecular flexibility index (Phi) is 10.2. The Morgan fingerprint density at radius 1 is 1.11 bits per heavy atom. The lowest BCUT2D eigenvalue weighted by Crippen LogP contribution is -2.35. The van der Waals surface area contributed by atoms with E-state index >= 15 is 0 Å². The number of hydrogen-bond acceptors (Lipinski definition) is 6. The van der Waals surface area contributed by atoms with Crippen molar-refractivity contribution >= 4 is 17.3 Å². The van der Waals surface area contributed by atoms with Crippen LogP contribution in [-0.4, -0.2) is 44.6 Å². The minimum absolute atomic E-state index is 0.0904. The van der Waals surface area contributed by atoms with Crippen LogP contribution in [0.2, 0.25) is 5.02 Å². The first-order valence-electron chi connectivity index (χ1n) is 12.7. The van der Waals surface area contributed by atoms with Crippen LogP contribution in [-0.2, 0) is 16.0 Å². The van der Waals surface area contributed by atoms with Gasteiger partial charge in [0.2, 0.25) is 0 Å². The van der Waals surface area contributed by atoms with Crippen molar-refractivity contribution in [3.05, 3.63) is 94.5 Å². The minimum atomic E-state index is -0.116. The van der Waals surface area contributed by atoms with E-state index in [2.05, 4.69) is 40.6 Å². The average Bonchev–Trinajstić information content (AvgIpc) is 2.94. The maximum Gasteiger partial charge on any atom is 0.157 e. The lowest BCUT2D eigenvalue weighted by molar-refractivity contribution is -0.164. The summed E-state index contributed by atoms with van der Waals surface area (Å²) in [6.45, 7) is 3.56. The Morgan fingerprint density at radius 2 is 1.92 bits per heavy atom. The van der Waals surface area contributed by atoms with Gasteiger partial charge in [0.05, 0.1) is 31.0 Å². The molecule has 0 amide bonds. The highest BCUT2D eigenvalue weighted by Gasteiger charge is 2.20. The number of anilines is 1. The third kappa shape index (κ3) is 8.21. The molecule has 1 saturated heterocycles. The molecule has 3 aromatic rings. The number of nitrogens with one attached hydrogen (secondary N) is 1. The highest BCUT2D eigenvalue weighted by Crippen LogP contribution is 2.28. The van der Waals surface area contributed by atoms with E-state index < -0.39 is 0 Å². The van der Waals surface area contributed by atoms with Crippen molar-refractivity contribution in [1.29, 1.82) is 5.26 Å². The zero-order chi connectivity index (χ0) is 25.9. The molecule has 0 spiro atoms. The number of rotatable bonds is 12.